The highest BCUT2D eigenvalue weighted by atomic mass is 35.5. The summed E-state index contributed by atoms with van der Waals surface area (Å²) in [5.41, 5.74) is 2.01. The van der Waals surface area contributed by atoms with Gasteiger partial charge in [0.05, 0.1) is 5.69 Å². The molecule has 0 aliphatic carbocycles. The van der Waals surface area contributed by atoms with Crippen molar-refractivity contribution in [3.05, 3.63) is 58.4 Å². The summed E-state index contributed by atoms with van der Waals surface area (Å²) in [6.07, 6.45) is 0. The number of halogens is 2. The van der Waals surface area contributed by atoms with Gasteiger partial charge in [0.15, 0.2) is 0 Å². The third-order valence-electron chi connectivity index (χ3n) is 2.63. The molecule has 18 heavy (non-hydrogen) atoms. The molecule has 0 atom stereocenters. The van der Waals surface area contributed by atoms with Crippen molar-refractivity contribution in [2.45, 2.75) is 13.5 Å². The van der Waals surface area contributed by atoms with Crippen LogP contribution >= 0.6 is 11.6 Å². The second-order valence-electron chi connectivity index (χ2n) is 4.11. The maximum atomic E-state index is 13.5. The fourth-order valence-electron chi connectivity index (χ4n) is 1.66. The van der Waals surface area contributed by atoms with E-state index in [4.69, 9.17) is 11.6 Å². The van der Waals surface area contributed by atoms with Gasteiger partial charge < -0.3 is 10.4 Å². The highest BCUT2D eigenvalue weighted by Crippen LogP contribution is 2.23. The fourth-order valence-corrected chi connectivity index (χ4v) is 1.86. The van der Waals surface area contributed by atoms with Gasteiger partial charge in [0, 0.05) is 17.1 Å². The Morgan fingerprint density at radius 3 is 2.78 bits per heavy atom. The maximum absolute atomic E-state index is 13.5. The Kier molecular flexibility index (Phi) is 3.72. The molecular formula is C14H13ClFNO. The predicted octanol–water partition coefficient (Wildman–Crippen LogP) is 4.11. The van der Waals surface area contributed by atoms with Crippen molar-refractivity contribution in [3.63, 3.8) is 0 Å². The van der Waals surface area contributed by atoms with Crippen LogP contribution < -0.4 is 5.32 Å². The number of phenolic OH excluding ortho intramolecular Hbond substituents is 1. The Morgan fingerprint density at radius 2 is 2.00 bits per heavy atom. The molecule has 2 rings (SSSR count). The number of hydrogen-bond acceptors (Lipinski definition) is 2. The topological polar surface area (TPSA) is 32.3 Å². The monoisotopic (exact) mass is 265 g/mol. The van der Waals surface area contributed by atoms with Crippen molar-refractivity contribution < 1.29 is 9.50 Å². The molecule has 0 unspecified atom stereocenters. The number of aryl methyl sites for hydroxylation is 1. The molecule has 4 heteroatoms. The molecule has 0 aromatic heterocycles. The summed E-state index contributed by atoms with van der Waals surface area (Å²) in [4.78, 5) is 0. The largest absolute Gasteiger partial charge is 0.508 e. The molecule has 0 fully saturated rings. The van der Waals surface area contributed by atoms with E-state index in [0.29, 0.717) is 22.8 Å². The third kappa shape index (κ3) is 2.93. The molecule has 94 valence electrons. The summed E-state index contributed by atoms with van der Waals surface area (Å²) in [6.45, 7) is 2.20. The number of aromatic hydroxyl groups is 1. The Bertz CT molecular complexity index is 520. The standard InChI is InChI=1S/C14H13ClFNO/c1-9-2-4-12(16)13(6-9)17-8-10-7-11(15)3-5-14(10)18/h2-7,17-18H,8H2,1H3. The first kappa shape index (κ1) is 12.7. The average molecular weight is 266 g/mol. The zero-order valence-corrected chi connectivity index (χ0v) is 10.6. The summed E-state index contributed by atoms with van der Waals surface area (Å²) in [5.74, 6) is -0.179. The number of phenols is 1. The smallest absolute Gasteiger partial charge is 0.146 e. The lowest BCUT2D eigenvalue weighted by Gasteiger charge is -2.10. The summed E-state index contributed by atoms with van der Waals surface area (Å²) >= 11 is 5.84. The third-order valence-corrected chi connectivity index (χ3v) is 2.87. The van der Waals surface area contributed by atoms with Gasteiger partial charge in [0.25, 0.3) is 0 Å². The van der Waals surface area contributed by atoms with Crippen LogP contribution in [-0.2, 0) is 6.54 Å². The van der Waals surface area contributed by atoms with Crippen LogP contribution in [0.25, 0.3) is 0 Å². The van der Waals surface area contributed by atoms with Crippen LogP contribution in [-0.4, -0.2) is 5.11 Å². The fraction of sp³-hybridized carbons (Fsp3) is 0.143. The van der Waals surface area contributed by atoms with E-state index in [2.05, 4.69) is 5.32 Å². The molecule has 0 amide bonds. The number of rotatable bonds is 3. The second-order valence-corrected chi connectivity index (χ2v) is 4.55. The molecule has 0 spiro atoms. The van der Waals surface area contributed by atoms with Gasteiger partial charge in [-0.15, -0.1) is 0 Å². The number of nitrogens with one attached hydrogen (secondary N) is 1. The van der Waals surface area contributed by atoms with Crippen LogP contribution in [0.5, 0.6) is 5.75 Å². The van der Waals surface area contributed by atoms with E-state index >= 15 is 0 Å². The Labute approximate surface area is 110 Å². The van der Waals surface area contributed by atoms with Crippen molar-refractivity contribution in [1.82, 2.24) is 0 Å². The van der Waals surface area contributed by atoms with Gasteiger partial charge in [-0.05, 0) is 42.8 Å². The summed E-state index contributed by atoms with van der Waals surface area (Å²) in [5, 5.41) is 13.1. The molecule has 0 saturated carbocycles. The molecular weight excluding hydrogens is 253 g/mol. The summed E-state index contributed by atoms with van der Waals surface area (Å²) < 4.78 is 13.5. The minimum Gasteiger partial charge on any atom is -0.508 e. The molecule has 2 N–H and O–H groups in total. The number of hydrogen-bond donors (Lipinski definition) is 2. The first-order valence-corrected chi connectivity index (χ1v) is 5.91. The van der Waals surface area contributed by atoms with E-state index < -0.39 is 0 Å². The molecule has 0 bridgehead atoms. The lowest BCUT2D eigenvalue weighted by atomic mass is 10.1. The van der Waals surface area contributed by atoms with Crippen molar-refractivity contribution in [2.75, 3.05) is 5.32 Å². The quantitative estimate of drug-likeness (QED) is 0.875. The first-order chi connectivity index (χ1) is 8.56. The summed E-state index contributed by atoms with van der Waals surface area (Å²) in [7, 11) is 0. The number of benzene rings is 2. The highest BCUT2D eigenvalue weighted by Gasteiger charge is 2.05. The van der Waals surface area contributed by atoms with Gasteiger partial charge in [0.2, 0.25) is 0 Å². The SMILES string of the molecule is Cc1ccc(F)c(NCc2cc(Cl)ccc2O)c1. The molecule has 0 saturated heterocycles. The van der Waals surface area contributed by atoms with Gasteiger partial charge in [0.1, 0.15) is 11.6 Å². The van der Waals surface area contributed by atoms with Gasteiger partial charge >= 0.3 is 0 Å². The first-order valence-electron chi connectivity index (χ1n) is 5.53. The van der Waals surface area contributed by atoms with Crippen molar-refractivity contribution in [2.24, 2.45) is 0 Å². The van der Waals surface area contributed by atoms with Gasteiger partial charge in [-0.3, -0.25) is 0 Å². The van der Waals surface area contributed by atoms with Gasteiger partial charge in [-0.1, -0.05) is 17.7 Å². The van der Waals surface area contributed by atoms with E-state index in [9.17, 15) is 9.50 Å². The normalized spacial score (nSPS) is 10.4. The van der Waals surface area contributed by atoms with Gasteiger partial charge in [-0.2, -0.15) is 0 Å². The van der Waals surface area contributed by atoms with Crippen molar-refractivity contribution in [1.29, 1.82) is 0 Å². The Morgan fingerprint density at radius 1 is 1.22 bits per heavy atom. The van der Waals surface area contributed by atoms with Crippen molar-refractivity contribution >= 4 is 17.3 Å². The molecule has 2 aromatic rings. The molecule has 0 aliphatic rings. The van der Waals surface area contributed by atoms with Crippen molar-refractivity contribution in [3.8, 4) is 5.75 Å². The van der Waals surface area contributed by atoms with E-state index in [1.165, 1.54) is 12.1 Å². The highest BCUT2D eigenvalue weighted by molar-refractivity contribution is 6.30. The maximum Gasteiger partial charge on any atom is 0.146 e. The lowest BCUT2D eigenvalue weighted by Crippen LogP contribution is -2.02. The Balaban J connectivity index is 2.16. The molecule has 0 aliphatic heterocycles. The number of anilines is 1. The van der Waals surface area contributed by atoms with E-state index in [1.54, 1.807) is 24.3 Å². The Hall–Kier alpha value is -1.74. The van der Waals surface area contributed by atoms with E-state index in [1.807, 2.05) is 6.92 Å². The van der Waals surface area contributed by atoms with E-state index in [0.717, 1.165) is 5.56 Å². The van der Waals surface area contributed by atoms with Crippen LogP contribution in [0.15, 0.2) is 36.4 Å². The predicted molar refractivity (Wildman–Crippen MR) is 71.6 cm³/mol. The zero-order valence-electron chi connectivity index (χ0n) is 9.87. The molecule has 0 heterocycles. The summed E-state index contributed by atoms with van der Waals surface area (Å²) in [6, 6.07) is 9.61. The average Bonchev–Trinajstić information content (AvgIpc) is 2.34. The molecule has 0 radical (unpaired) electrons. The van der Waals surface area contributed by atoms with E-state index in [-0.39, 0.29) is 11.6 Å². The minimum atomic E-state index is -0.317. The minimum absolute atomic E-state index is 0.139. The van der Waals surface area contributed by atoms with Crippen LogP contribution in [0.4, 0.5) is 10.1 Å². The molecule has 2 aromatic carbocycles. The van der Waals surface area contributed by atoms with Gasteiger partial charge in [-0.25, -0.2) is 4.39 Å². The van der Waals surface area contributed by atoms with Crippen LogP contribution in [0, 0.1) is 12.7 Å². The molecule has 2 nitrogen and oxygen atoms in total. The zero-order chi connectivity index (χ0) is 13.1. The second kappa shape index (κ2) is 5.27. The van der Waals surface area contributed by atoms with Crippen LogP contribution in [0.1, 0.15) is 11.1 Å². The lowest BCUT2D eigenvalue weighted by molar-refractivity contribution is 0.469. The van der Waals surface area contributed by atoms with Crippen LogP contribution in [0.2, 0.25) is 5.02 Å². The van der Waals surface area contributed by atoms with Crippen LogP contribution in [0.3, 0.4) is 0 Å².